The van der Waals surface area contributed by atoms with Crippen LogP contribution in [0.2, 0.25) is 0 Å². The van der Waals surface area contributed by atoms with E-state index < -0.39 is 0 Å². The molecule has 0 aliphatic rings. The first kappa shape index (κ1) is 10.4. The summed E-state index contributed by atoms with van der Waals surface area (Å²) in [6, 6.07) is 0. The minimum absolute atomic E-state index is 0.0599. The standard InChI is InChI=1S/C10H18O/c1-6-9(2,3)7-10(4,5)8-11/h6,8H,1,7H2,2-5H3. The molecule has 0 bridgehead atoms. The Kier molecular flexibility index (Phi) is 3.03. The van der Waals surface area contributed by atoms with E-state index in [1.54, 1.807) is 0 Å². The molecule has 0 aromatic carbocycles. The first-order chi connectivity index (χ1) is 4.83. The molecule has 64 valence electrons. The zero-order valence-corrected chi connectivity index (χ0v) is 7.98. The quantitative estimate of drug-likeness (QED) is 0.449. The second-order valence-corrected chi connectivity index (χ2v) is 4.48. The topological polar surface area (TPSA) is 17.1 Å². The van der Waals surface area contributed by atoms with E-state index in [1.165, 1.54) is 0 Å². The van der Waals surface area contributed by atoms with Gasteiger partial charge in [-0.1, -0.05) is 33.8 Å². The predicted molar refractivity (Wildman–Crippen MR) is 48.4 cm³/mol. The maximum atomic E-state index is 10.6. The molecular formula is C10H18O. The largest absolute Gasteiger partial charge is 0.303 e. The van der Waals surface area contributed by atoms with Crippen LogP contribution in [0.25, 0.3) is 0 Å². The van der Waals surface area contributed by atoms with E-state index in [2.05, 4.69) is 20.4 Å². The summed E-state index contributed by atoms with van der Waals surface area (Å²) in [7, 11) is 0. The molecule has 0 saturated heterocycles. The lowest BCUT2D eigenvalue weighted by Crippen LogP contribution is -2.22. The van der Waals surface area contributed by atoms with Crippen LogP contribution in [-0.4, -0.2) is 6.29 Å². The molecule has 0 atom stereocenters. The van der Waals surface area contributed by atoms with Gasteiger partial charge in [-0.2, -0.15) is 0 Å². The molecule has 0 aromatic rings. The lowest BCUT2D eigenvalue weighted by atomic mass is 9.76. The Labute approximate surface area is 69.5 Å². The molecule has 11 heavy (non-hydrogen) atoms. The maximum absolute atomic E-state index is 10.6. The van der Waals surface area contributed by atoms with Crippen LogP contribution < -0.4 is 0 Å². The summed E-state index contributed by atoms with van der Waals surface area (Å²) in [5, 5.41) is 0. The van der Waals surface area contributed by atoms with Gasteiger partial charge in [-0.3, -0.25) is 0 Å². The molecule has 0 heterocycles. The number of carbonyl (C=O) groups is 1. The van der Waals surface area contributed by atoms with Gasteiger partial charge in [-0.15, -0.1) is 6.58 Å². The summed E-state index contributed by atoms with van der Waals surface area (Å²) in [6.07, 6.45) is 3.77. The zero-order valence-electron chi connectivity index (χ0n) is 7.98. The smallest absolute Gasteiger partial charge is 0.125 e. The van der Waals surface area contributed by atoms with Crippen molar-refractivity contribution in [1.82, 2.24) is 0 Å². The van der Waals surface area contributed by atoms with Crippen molar-refractivity contribution in [2.75, 3.05) is 0 Å². The fourth-order valence-corrected chi connectivity index (χ4v) is 1.29. The number of carbonyl (C=O) groups excluding carboxylic acids is 1. The summed E-state index contributed by atoms with van der Waals surface area (Å²) in [5.74, 6) is 0. The van der Waals surface area contributed by atoms with E-state index in [0.29, 0.717) is 0 Å². The van der Waals surface area contributed by atoms with Gasteiger partial charge in [0.25, 0.3) is 0 Å². The third-order valence-electron chi connectivity index (χ3n) is 1.78. The monoisotopic (exact) mass is 154 g/mol. The van der Waals surface area contributed by atoms with Crippen molar-refractivity contribution in [1.29, 1.82) is 0 Å². The van der Waals surface area contributed by atoms with Gasteiger partial charge >= 0.3 is 0 Å². The Hall–Kier alpha value is -0.590. The Morgan fingerprint density at radius 1 is 1.18 bits per heavy atom. The van der Waals surface area contributed by atoms with Gasteiger partial charge in [0.1, 0.15) is 6.29 Å². The summed E-state index contributed by atoms with van der Waals surface area (Å²) in [4.78, 5) is 10.6. The highest BCUT2D eigenvalue weighted by Gasteiger charge is 2.25. The summed E-state index contributed by atoms with van der Waals surface area (Å²) >= 11 is 0. The number of hydrogen-bond donors (Lipinski definition) is 0. The fourth-order valence-electron chi connectivity index (χ4n) is 1.29. The molecule has 0 aliphatic carbocycles. The van der Waals surface area contributed by atoms with Gasteiger partial charge in [-0.05, 0) is 11.8 Å². The molecule has 0 fully saturated rings. The van der Waals surface area contributed by atoms with E-state index in [0.717, 1.165) is 12.7 Å². The average Bonchev–Trinajstić information content (AvgIpc) is 1.86. The molecule has 1 heteroatoms. The molecular weight excluding hydrogens is 136 g/mol. The van der Waals surface area contributed by atoms with Gasteiger partial charge in [0.15, 0.2) is 0 Å². The maximum Gasteiger partial charge on any atom is 0.125 e. The highest BCUT2D eigenvalue weighted by atomic mass is 16.1. The minimum Gasteiger partial charge on any atom is -0.303 e. The Morgan fingerprint density at radius 3 is 1.91 bits per heavy atom. The number of rotatable bonds is 4. The van der Waals surface area contributed by atoms with E-state index >= 15 is 0 Å². The SMILES string of the molecule is C=CC(C)(C)CC(C)(C)C=O. The molecule has 0 amide bonds. The Balaban J connectivity index is 4.23. The van der Waals surface area contributed by atoms with Crippen LogP contribution in [0.4, 0.5) is 0 Å². The normalized spacial score (nSPS) is 12.7. The number of aldehydes is 1. The van der Waals surface area contributed by atoms with E-state index in [9.17, 15) is 4.79 Å². The fraction of sp³-hybridized carbons (Fsp3) is 0.700. The summed E-state index contributed by atoms with van der Waals surface area (Å²) < 4.78 is 0. The molecule has 0 aromatic heterocycles. The van der Waals surface area contributed by atoms with Crippen LogP contribution in [0.3, 0.4) is 0 Å². The Morgan fingerprint density at radius 2 is 1.64 bits per heavy atom. The van der Waals surface area contributed by atoms with Crippen LogP contribution >= 0.6 is 0 Å². The van der Waals surface area contributed by atoms with E-state index in [4.69, 9.17) is 0 Å². The molecule has 0 radical (unpaired) electrons. The van der Waals surface area contributed by atoms with Crippen LogP contribution in [0.15, 0.2) is 12.7 Å². The van der Waals surface area contributed by atoms with Crippen LogP contribution in [-0.2, 0) is 4.79 Å². The third kappa shape index (κ3) is 3.97. The molecule has 0 spiro atoms. The Bertz CT molecular complexity index is 136. The van der Waals surface area contributed by atoms with Crippen molar-refractivity contribution in [3.8, 4) is 0 Å². The summed E-state index contributed by atoms with van der Waals surface area (Å²) in [6.45, 7) is 11.8. The first-order valence-electron chi connectivity index (χ1n) is 3.93. The summed E-state index contributed by atoms with van der Waals surface area (Å²) in [5.41, 5.74) is -0.165. The average molecular weight is 154 g/mol. The highest BCUT2D eigenvalue weighted by molar-refractivity contribution is 5.58. The first-order valence-corrected chi connectivity index (χ1v) is 3.93. The molecule has 0 unspecified atom stereocenters. The van der Waals surface area contributed by atoms with Crippen molar-refractivity contribution >= 4 is 6.29 Å². The van der Waals surface area contributed by atoms with E-state index in [1.807, 2.05) is 19.9 Å². The van der Waals surface area contributed by atoms with Gasteiger partial charge in [0.2, 0.25) is 0 Å². The highest BCUT2D eigenvalue weighted by Crippen LogP contribution is 2.32. The zero-order chi connectivity index (χ0) is 9.12. The molecule has 1 nitrogen and oxygen atoms in total. The lowest BCUT2D eigenvalue weighted by Gasteiger charge is -2.28. The van der Waals surface area contributed by atoms with Crippen molar-refractivity contribution in [2.45, 2.75) is 34.1 Å². The minimum atomic E-state index is -0.225. The number of allylic oxidation sites excluding steroid dienone is 1. The molecule has 0 aliphatic heterocycles. The number of hydrogen-bond acceptors (Lipinski definition) is 1. The van der Waals surface area contributed by atoms with Crippen molar-refractivity contribution in [3.05, 3.63) is 12.7 Å². The van der Waals surface area contributed by atoms with Gasteiger partial charge < -0.3 is 4.79 Å². The second-order valence-electron chi connectivity index (χ2n) is 4.48. The molecule has 0 N–H and O–H groups in total. The molecule has 0 saturated carbocycles. The van der Waals surface area contributed by atoms with Crippen molar-refractivity contribution < 1.29 is 4.79 Å². The lowest BCUT2D eigenvalue weighted by molar-refractivity contribution is -0.115. The third-order valence-corrected chi connectivity index (χ3v) is 1.78. The van der Waals surface area contributed by atoms with Gasteiger partial charge in [0, 0.05) is 5.41 Å². The van der Waals surface area contributed by atoms with E-state index in [-0.39, 0.29) is 10.8 Å². The van der Waals surface area contributed by atoms with Gasteiger partial charge in [-0.25, -0.2) is 0 Å². The van der Waals surface area contributed by atoms with Crippen LogP contribution in [0, 0.1) is 10.8 Å². The molecule has 0 rings (SSSR count). The van der Waals surface area contributed by atoms with Gasteiger partial charge in [0.05, 0.1) is 0 Å². The van der Waals surface area contributed by atoms with Crippen LogP contribution in [0.5, 0.6) is 0 Å². The predicted octanol–water partition coefficient (Wildman–Crippen LogP) is 2.81. The van der Waals surface area contributed by atoms with Crippen molar-refractivity contribution in [2.24, 2.45) is 10.8 Å². The van der Waals surface area contributed by atoms with Crippen LogP contribution in [0.1, 0.15) is 34.1 Å². The van der Waals surface area contributed by atoms with Crippen molar-refractivity contribution in [3.63, 3.8) is 0 Å². The second kappa shape index (κ2) is 3.21.